The van der Waals surface area contributed by atoms with Gasteiger partial charge in [0.15, 0.2) is 0 Å². The monoisotopic (exact) mass is 383 g/mol. The fraction of sp³-hybridized carbons (Fsp3) is 0.611. The zero-order valence-corrected chi connectivity index (χ0v) is 16.9. The summed E-state index contributed by atoms with van der Waals surface area (Å²) in [5.41, 5.74) is -0.298. The highest BCUT2D eigenvalue weighted by Gasteiger charge is 2.28. The molecule has 2 N–H and O–H groups in total. The van der Waals surface area contributed by atoms with E-state index in [2.05, 4.69) is 10.0 Å². The summed E-state index contributed by atoms with van der Waals surface area (Å²) in [6, 6.07) is 4.80. The van der Waals surface area contributed by atoms with E-state index in [1.165, 1.54) is 19.2 Å². The predicted molar refractivity (Wildman–Crippen MR) is 101 cm³/mol. The molecule has 1 amide bonds. The molecule has 0 aromatic heterocycles. The summed E-state index contributed by atoms with van der Waals surface area (Å²) in [6.07, 6.45) is 1.95. The van der Waals surface area contributed by atoms with Gasteiger partial charge in [-0.15, -0.1) is 0 Å². The van der Waals surface area contributed by atoms with E-state index in [9.17, 15) is 13.2 Å². The molecular formula is C18H29N3O4S. The van der Waals surface area contributed by atoms with Crippen LogP contribution in [0.25, 0.3) is 0 Å². The number of likely N-dealkylation sites (N-methyl/N-ethyl adjacent to an activating group) is 1. The Morgan fingerprint density at radius 2 is 2.00 bits per heavy atom. The van der Waals surface area contributed by atoms with Crippen LogP contribution >= 0.6 is 0 Å². The highest BCUT2D eigenvalue weighted by molar-refractivity contribution is 7.89. The van der Waals surface area contributed by atoms with Crippen LogP contribution in [-0.2, 0) is 10.0 Å². The van der Waals surface area contributed by atoms with Crippen molar-refractivity contribution in [2.75, 3.05) is 27.2 Å². The summed E-state index contributed by atoms with van der Waals surface area (Å²) in [6.45, 7) is 6.57. The third-order valence-corrected chi connectivity index (χ3v) is 6.04. The Labute approximate surface area is 156 Å². The standard InChI is InChI=1S/C18H29N3O4S/c1-18(2,3)20-26(23,24)16-11-13(8-9-15(16)25-5)17(22)21-10-6-7-14(12-21)19-4/h8-9,11,14,19-20H,6-7,10,12H2,1-5H3. The van der Waals surface area contributed by atoms with Crippen LogP contribution in [0.2, 0.25) is 0 Å². The highest BCUT2D eigenvalue weighted by Crippen LogP contribution is 2.27. The van der Waals surface area contributed by atoms with Gasteiger partial charge in [0.05, 0.1) is 7.11 Å². The van der Waals surface area contributed by atoms with Crippen molar-refractivity contribution < 1.29 is 17.9 Å². The van der Waals surface area contributed by atoms with Gasteiger partial charge in [-0.3, -0.25) is 4.79 Å². The van der Waals surface area contributed by atoms with Crippen molar-refractivity contribution >= 4 is 15.9 Å². The maximum Gasteiger partial charge on any atom is 0.253 e. The lowest BCUT2D eigenvalue weighted by Gasteiger charge is -2.32. The summed E-state index contributed by atoms with van der Waals surface area (Å²) >= 11 is 0. The van der Waals surface area contributed by atoms with Crippen molar-refractivity contribution in [2.24, 2.45) is 0 Å². The van der Waals surface area contributed by atoms with Gasteiger partial charge in [0.2, 0.25) is 10.0 Å². The van der Waals surface area contributed by atoms with Crippen LogP contribution in [0.5, 0.6) is 5.75 Å². The molecule has 146 valence electrons. The first-order valence-electron chi connectivity index (χ1n) is 8.76. The van der Waals surface area contributed by atoms with E-state index in [0.717, 1.165) is 12.8 Å². The minimum absolute atomic E-state index is 0.0250. The van der Waals surface area contributed by atoms with Crippen LogP contribution in [0.15, 0.2) is 23.1 Å². The lowest BCUT2D eigenvalue weighted by Crippen LogP contribution is -2.47. The number of methoxy groups -OCH3 is 1. The van der Waals surface area contributed by atoms with E-state index in [1.807, 2.05) is 7.05 Å². The zero-order valence-electron chi connectivity index (χ0n) is 16.1. The van der Waals surface area contributed by atoms with Crippen LogP contribution in [0.4, 0.5) is 0 Å². The van der Waals surface area contributed by atoms with E-state index in [1.54, 1.807) is 31.7 Å². The van der Waals surface area contributed by atoms with Gasteiger partial charge in [0.25, 0.3) is 5.91 Å². The molecule has 1 aromatic carbocycles. The molecular weight excluding hydrogens is 354 g/mol. The molecule has 0 saturated carbocycles. The summed E-state index contributed by atoms with van der Waals surface area (Å²) < 4.78 is 33.3. The van der Waals surface area contributed by atoms with Crippen LogP contribution in [-0.4, -0.2) is 58.1 Å². The third-order valence-electron chi connectivity index (χ3n) is 4.26. The second-order valence-electron chi connectivity index (χ2n) is 7.60. The Bertz CT molecular complexity index is 756. The van der Waals surface area contributed by atoms with Gasteiger partial charge in [-0.2, -0.15) is 0 Å². The predicted octanol–water partition coefficient (Wildman–Crippen LogP) is 1.60. The molecule has 0 spiro atoms. The van der Waals surface area contributed by atoms with Crippen LogP contribution in [0.3, 0.4) is 0 Å². The van der Waals surface area contributed by atoms with Crippen molar-refractivity contribution in [1.82, 2.24) is 14.9 Å². The van der Waals surface area contributed by atoms with Crippen LogP contribution in [0, 0.1) is 0 Å². The number of piperidine rings is 1. The molecule has 1 aliphatic rings. The number of benzene rings is 1. The number of rotatable bonds is 5. The van der Waals surface area contributed by atoms with Gasteiger partial charge in [-0.25, -0.2) is 13.1 Å². The lowest BCUT2D eigenvalue weighted by atomic mass is 10.0. The van der Waals surface area contributed by atoms with Gasteiger partial charge in [0, 0.05) is 30.2 Å². The molecule has 1 fully saturated rings. The van der Waals surface area contributed by atoms with Crippen molar-refractivity contribution in [1.29, 1.82) is 0 Å². The Kier molecular flexibility index (Phi) is 6.31. The molecule has 1 saturated heterocycles. The van der Waals surface area contributed by atoms with E-state index < -0.39 is 15.6 Å². The molecule has 26 heavy (non-hydrogen) atoms. The molecule has 8 heteroatoms. The molecule has 0 bridgehead atoms. The number of amides is 1. The topological polar surface area (TPSA) is 87.7 Å². The van der Waals surface area contributed by atoms with E-state index in [0.29, 0.717) is 18.7 Å². The van der Waals surface area contributed by atoms with Crippen molar-refractivity contribution in [3.05, 3.63) is 23.8 Å². The SMILES string of the molecule is CNC1CCCN(C(=O)c2ccc(OC)c(S(=O)(=O)NC(C)(C)C)c2)C1. The first kappa shape index (κ1) is 20.7. The maximum absolute atomic E-state index is 12.9. The number of nitrogens with zero attached hydrogens (tertiary/aromatic N) is 1. The number of sulfonamides is 1. The molecule has 1 heterocycles. The van der Waals surface area contributed by atoms with Crippen molar-refractivity contribution in [3.63, 3.8) is 0 Å². The fourth-order valence-corrected chi connectivity index (χ4v) is 4.67. The Hall–Kier alpha value is -1.64. The maximum atomic E-state index is 12.9. The molecule has 2 rings (SSSR count). The largest absolute Gasteiger partial charge is 0.495 e. The van der Waals surface area contributed by atoms with Crippen LogP contribution in [0.1, 0.15) is 44.0 Å². The van der Waals surface area contributed by atoms with E-state index in [4.69, 9.17) is 4.74 Å². The van der Waals surface area contributed by atoms with Gasteiger partial charge in [-0.1, -0.05) is 0 Å². The first-order chi connectivity index (χ1) is 12.1. The molecule has 1 aromatic rings. The quantitative estimate of drug-likeness (QED) is 0.806. The van der Waals surface area contributed by atoms with Crippen molar-refractivity contribution in [3.8, 4) is 5.75 Å². The zero-order chi connectivity index (χ0) is 19.5. The Morgan fingerprint density at radius 3 is 2.58 bits per heavy atom. The summed E-state index contributed by atoms with van der Waals surface area (Å²) in [5.74, 6) is 0.0462. The first-order valence-corrected chi connectivity index (χ1v) is 10.2. The summed E-state index contributed by atoms with van der Waals surface area (Å²) in [7, 11) is -0.525. The molecule has 0 aliphatic carbocycles. The highest BCUT2D eigenvalue weighted by atomic mass is 32.2. The average molecular weight is 384 g/mol. The average Bonchev–Trinajstić information content (AvgIpc) is 2.58. The normalized spacial score (nSPS) is 18.7. The number of likely N-dealkylation sites (tertiary alicyclic amines) is 1. The smallest absolute Gasteiger partial charge is 0.253 e. The summed E-state index contributed by atoms with van der Waals surface area (Å²) in [4.78, 5) is 14.6. The number of carbonyl (C=O) groups is 1. The Morgan fingerprint density at radius 1 is 1.31 bits per heavy atom. The van der Waals surface area contributed by atoms with Crippen molar-refractivity contribution in [2.45, 2.75) is 50.1 Å². The minimum Gasteiger partial charge on any atom is -0.495 e. The second-order valence-corrected chi connectivity index (χ2v) is 9.25. The van der Waals surface area contributed by atoms with Crippen LogP contribution < -0.4 is 14.8 Å². The third kappa shape index (κ3) is 4.96. The molecule has 7 nitrogen and oxygen atoms in total. The molecule has 0 radical (unpaired) electrons. The van der Waals surface area contributed by atoms with Gasteiger partial charge in [0.1, 0.15) is 10.6 Å². The fourth-order valence-electron chi connectivity index (χ4n) is 3.06. The number of hydrogen-bond donors (Lipinski definition) is 2. The molecule has 1 unspecified atom stereocenters. The number of hydrogen-bond acceptors (Lipinski definition) is 5. The second kappa shape index (κ2) is 7.94. The number of nitrogens with one attached hydrogen (secondary N) is 2. The molecule has 1 aliphatic heterocycles. The Balaban J connectivity index is 2.36. The number of ether oxygens (including phenoxy) is 1. The molecule has 1 atom stereocenters. The minimum atomic E-state index is -3.82. The van der Waals surface area contributed by atoms with E-state index in [-0.39, 0.29) is 22.6 Å². The number of carbonyl (C=O) groups excluding carboxylic acids is 1. The van der Waals surface area contributed by atoms with E-state index >= 15 is 0 Å². The van der Waals surface area contributed by atoms with Gasteiger partial charge < -0.3 is 15.0 Å². The van der Waals surface area contributed by atoms with Gasteiger partial charge >= 0.3 is 0 Å². The summed E-state index contributed by atoms with van der Waals surface area (Å²) in [5, 5.41) is 3.20. The lowest BCUT2D eigenvalue weighted by molar-refractivity contribution is 0.0698. The van der Waals surface area contributed by atoms with Gasteiger partial charge in [-0.05, 0) is 58.9 Å².